The van der Waals surface area contributed by atoms with Gasteiger partial charge in [0.05, 0.1) is 12.6 Å². The van der Waals surface area contributed by atoms with Gasteiger partial charge >= 0.3 is 0 Å². The van der Waals surface area contributed by atoms with E-state index in [0.717, 1.165) is 19.4 Å². The Bertz CT molecular complexity index is 568. The van der Waals surface area contributed by atoms with Gasteiger partial charge in [-0.05, 0) is 26.3 Å². The van der Waals surface area contributed by atoms with Gasteiger partial charge < -0.3 is 14.5 Å². The summed E-state index contributed by atoms with van der Waals surface area (Å²) in [6.45, 7) is 6.10. The molecule has 21 heavy (non-hydrogen) atoms. The van der Waals surface area contributed by atoms with E-state index in [0.29, 0.717) is 31.2 Å². The Balaban J connectivity index is 2.13. The van der Waals surface area contributed by atoms with Crippen molar-refractivity contribution in [2.75, 3.05) is 26.7 Å². The molecule has 0 aliphatic carbocycles. The Hall–Kier alpha value is -0.890. The Morgan fingerprint density at radius 3 is 2.90 bits per heavy atom. The highest BCUT2D eigenvalue weighted by Crippen LogP contribution is 2.27. The van der Waals surface area contributed by atoms with Gasteiger partial charge in [-0.3, -0.25) is 0 Å². The Morgan fingerprint density at radius 1 is 1.52 bits per heavy atom. The molecule has 7 heteroatoms. The highest BCUT2D eigenvalue weighted by Gasteiger charge is 2.34. The molecule has 0 spiro atoms. The second kappa shape index (κ2) is 6.91. The van der Waals surface area contributed by atoms with E-state index >= 15 is 0 Å². The van der Waals surface area contributed by atoms with Crippen LogP contribution in [0, 0.1) is 6.92 Å². The van der Waals surface area contributed by atoms with E-state index in [2.05, 4.69) is 12.2 Å². The minimum absolute atomic E-state index is 0.0160. The maximum absolute atomic E-state index is 12.7. The van der Waals surface area contributed by atoms with Crippen molar-refractivity contribution in [3.8, 4) is 0 Å². The maximum Gasteiger partial charge on any atom is 0.246 e. The van der Waals surface area contributed by atoms with Crippen molar-refractivity contribution in [2.45, 2.75) is 44.2 Å². The van der Waals surface area contributed by atoms with Gasteiger partial charge in [0.15, 0.2) is 0 Å². The molecule has 2 heterocycles. The second-order valence-electron chi connectivity index (χ2n) is 5.32. The van der Waals surface area contributed by atoms with E-state index in [1.165, 1.54) is 4.31 Å². The zero-order valence-corrected chi connectivity index (χ0v) is 13.7. The van der Waals surface area contributed by atoms with Gasteiger partial charge in [0.2, 0.25) is 10.0 Å². The van der Waals surface area contributed by atoms with E-state index in [4.69, 9.17) is 9.15 Å². The molecule has 0 bridgehead atoms. The molecular weight excluding hydrogens is 292 g/mol. The van der Waals surface area contributed by atoms with Gasteiger partial charge in [-0.1, -0.05) is 6.92 Å². The van der Waals surface area contributed by atoms with Crippen LogP contribution < -0.4 is 5.32 Å². The molecule has 2 rings (SSSR count). The minimum atomic E-state index is -3.49. The van der Waals surface area contributed by atoms with Crippen LogP contribution >= 0.6 is 0 Å². The average Bonchev–Trinajstić information content (AvgIpc) is 3.06. The number of sulfonamides is 1. The summed E-state index contributed by atoms with van der Waals surface area (Å²) < 4.78 is 37.6. The first-order chi connectivity index (χ1) is 9.98. The van der Waals surface area contributed by atoms with Crippen molar-refractivity contribution >= 4 is 10.0 Å². The fraction of sp³-hybridized carbons (Fsp3) is 0.714. The van der Waals surface area contributed by atoms with E-state index in [1.54, 1.807) is 20.1 Å². The first-order valence-electron chi connectivity index (χ1n) is 7.32. The van der Waals surface area contributed by atoms with Crippen LogP contribution in [-0.2, 0) is 21.3 Å². The largest absolute Gasteiger partial charge is 0.464 e. The molecule has 0 radical (unpaired) electrons. The van der Waals surface area contributed by atoms with Gasteiger partial charge in [0.1, 0.15) is 16.4 Å². The van der Waals surface area contributed by atoms with Crippen LogP contribution in [0.3, 0.4) is 0 Å². The van der Waals surface area contributed by atoms with Gasteiger partial charge in [-0.2, -0.15) is 4.31 Å². The van der Waals surface area contributed by atoms with Crippen molar-refractivity contribution < 1.29 is 17.6 Å². The second-order valence-corrected chi connectivity index (χ2v) is 7.23. The van der Waals surface area contributed by atoms with Crippen molar-refractivity contribution in [3.63, 3.8) is 0 Å². The number of rotatable bonds is 7. The molecular formula is C14H24N2O4S. The first kappa shape index (κ1) is 16.5. The van der Waals surface area contributed by atoms with Crippen LogP contribution in [0.15, 0.2) is 15.4 Å². The fourth-order valence-electron chi connectivity index (χ4n) is 2.50. The van der Waals surface area contributed by atoms with E-state index in [9.17, 15) is 8.42 Å². The standard InChI is InChI=1S/C14H24N2O4S/c1-4-6-15-9-13-8-14(11(2)20-13)21(17,18)16-7-5-12(10-16)19-3/h8,12,15H,4-7,9-10H2,1-3H3. The molecule has 1 unspecified atom stereocenters. The zero-order valence-electron chi connectivity index (χ0n) is 12.9. The predicted molar refractivity (Wildman–Crippen MR) is 79.6 cm³/mol. The molecule has 0 saturated carbocycles. The normalized spacial score (nSPS) is 20.2. The molecule has 120 valence electrons. The summed E-state index contributed by atoms with van der Waals surface area (Å²) in [5, 5.41) is 3.21. The number of furan rings is 1. The highest BCUT2D eigenvalue weighted by atomic mass is 32.2. The molecule has 1 aliphatic heterocycles. The lowest BCUT2D eigenvalue weighted by molar-refractivity contribution is 0.115. The Labute approximate surface area is 126 Å². The topological polar surface area (TPSA) is 71.8 Å². The molecule has 1 saturated heterocycles. The Kier molecular flexibility index (Phi) is 5.43. The molecule has 1 aromatic rings. The summed E-state index contributed by atoms with van der Waals surface area (Å²) in [6, 6.07) is 1.63. The summed E-state index contributed by atoms with van der Waals surface area (Å²) in [4.78, 5) is 0.271. The van der Waals surface area contributed by atoms with Crippen molar-refractivity contribution in [1.29, 1.82) is 0 Å². The fourth-order valence-corrected chi connectivity index (χ4v) is 4.18. The quantitative estimate of drug-likeness (QED) is 0.772. The van der Waals surface area contributed by atoms with Crippen LogP contribution in [0.25, 0.3) is 0 Å². The number of hydrogen-bond acceptors (Lipinski definition) is 5. The minimum Gasteiger partial charge on any atom is -0.464 e. The van der Waals surface area contributed by atoms with Crippen molar-refractivity contribution in [2.24, 2.45) is 0 Å². The summed E-state index contributed by atoms with van der Waals surface area (Å²) in [6.07, 6.45) is 1.74. The predicted octanol–water partition coefficient (Wildman–Crippen LogP) is 1.50. The van der Waals surface area contributed by atoms with Crippen molar-refractivity contribution in [1.82, 2.24) is 9.62 Å². The number of nitrogens with one attached hydrogen (secondary N) is 1. The van der Waals surface area contributed by atoms with Gasteiger partial charge in [0.25, 0.3) is 0 Å². The molecule has 1 atom stereocenters. The summed E-state index contributed by atoms with van der Waals surface area (Å²) >= 11 is 0. The van der Waals surface area contributed by atoms with E-state index in [-0.39, 0.29) is 11.0 Å². The zero-order chi connectivity index (χ0) is 15.5. The third-order valence-corrected chi connectivity index (χ3v) is 5.68. The summed E-state index contributed by atoms with van der Waals surface area (Å²) in [5.41, 5.74) is 0. The monoisotopic (exact) mass is 316 g/mol. The maximum atomic E-state index is 12.7. The number of methoxy groups -OCH3 is 1. The third kappa shape index (κ3) is 3.66. The van der Waals surface area contributed by atoms with Gasteiger partial charge in [-0.25, -0.2) is 8.42 Å². The molecule has 1 aromatic heterocycles. The number of ether oxygens (including phenoxy) is 1. The summed E-state index contributed by atoms with van der Waals surface area (Å²) in [7, 11) is -1.88. The lowest BCUT2D eigenvalue weighted by atomic mass is 10.3. The van der Waals surface area contributed by atoms with E-state index < -0.39 is 10.0 Å². The van der Waals surface area contributed by atoms with Crippen LogP contribution in [0.4, 0.5) is 0 Å². The third-order valence-electron chi connectivity index (χ3n) is 3.71. The SMILES string of the molecule is CCCNCc1cc(S(=O)(=O)N2CCC(OC)C2)c(C)o1. The molecule has 0 amide bonds. The van der Waals surface area contributed by atoms with Crippen LogP contribution in [0.2, 0.25) is 0 Å². The first-order valence-corrected chi connectivity index (χ1v) is 8.76. The number of nitrogens with zero attached hydrogens (tertiary/aromatic N) is 1. The molecule has 0 aromatic carbocycles. The molecule has 6 nitrogen and oxygen atoms in total. The molecule has 1 aliphatic rings. The highest BCUT2D eigenvalue weighted by molar-refractivity contribution is 7.89. The van der Waals surface area contributed by atoms with Gasteiger partial charge in [0, 0.05) is 26.3 Å². The van der Waals surface area contributed by atoms with Crippen LogP contribution in [0.5, 0.6) is 0 Å². The van der Waals surface area contributed by atoms with Crippen LogP contribution in [0.1, 0.15) is 31.3 Å². The summed E-state index contributed by atoms with van der Waals surface area (Å²) in [5.74, 6) is 1.10. The molecule has 1 fully saturated rings. The van der Waals surface area contributed by atoms with E-state index in [1.807, 2.05) is 0 Å². The Morgan fingerprint density at radius 2 is 2.29 bits per heavy atom. The lowest BCUT2D eigenvalue weighted by Crippen LogP contribution is -2.30. The number of hydrogen-bond donors (Lipinski definition) is 1. The van der Waals surface area contributed by atoms with Crippen molar-refractivity contribution in [3.05, 3.63) is 17.6 Å². The smallest absolute Gasteiger partial charge is 0.246 e. The molecule has 1 N–H and O–H groups in total. The van der Waals surface area contributed by atoms with Crippen LogP contribution in [-0.4, -0.2) is 45.6 Å². The lowest BCUT2D eigenvalue weighted by Gasteiger charge is -2.15. The average molecular weight is 316 g/mol. The van der Waals surface area contributed by atoms with Gasteiger partial charge in [-0.15, -0.1) is 0 Å². The number of aryl methyl sites for hydroxylation is 1.